The number of hydrogen-bond donors (Lipinski definition) is 4. The zero-order chi connectivity index (χ0) is 25.4. The van der Waals surface area contributed by atoms with Gasteiger partial charge >= 0.3 is 0 Å². The van der Waals surface area contributed by atoms with Crippen LogP contribution in [0.3, 0.4) is 0 Å². The van der Waals surface area contributed by atoms with E-state index >= 15 is 0 Å². The van der Waals surface area contributed by atoms with Gasteiger partial charge in [-0.2, -0.15) is 0 Å². The van der Waals surface area contributed by atoms with Gasteiger partial charge in [-0.1, -0.05) is 38.4 Å². The van der Waals surface area contributed by atoms with E-state index in [0.717, 1.165) is 30.4 Å². The number of anilines is 1. The van der Waals surface area contributed by atoms with E-state index < -0.39 is 5.78 Å². The Labute approximate surface area is 212 Å². The second-order valence-electron chi connectivity index (χ2n) is 7.97. The molecule has 1 atom stereocenters. The molecule has 1 aliphatic rings. The first-order valence-corrected chi connectivity index (χ1v) is 12.7. The molecular weight excluding hydrogens is 483 g/mol. The van der Waals surface area contributed by atoms with E-state index in [1.54, 1.807) is 37.1 Å². The van der Waals surface area contributed by atoms with Crippen LogP contribution in [0.15, 0.2) is 47.5 Å². The first-order valence-electron chi connectivity index (χ1n) is 11.3. The van der Waals surface area contributed by atoms with Gasteiger partial charge in [0, 0.05) is 28.5 Å². The van der Waals surface area contributed by atoms with E-state index in [2.05, 4.69) is 5.32 Å². The molecule has 0 unspecified atom stereocenters. The third-order valence-electron chi connectivity index (χ3n) is 5.40. The summed E-state index contributed by atoms with van der Waals surface area (Å²) in [5.74, 6) is 1.52. The number of methoxy groups -OCH3 is 1. The van der Waals surface area contributed by atoms with Crippen LogP contribution in [0.1, 0.15) is 37.3 Å². The average Bonchev–Trinajstić information content (AvgIpc) is 2.96. The highest BCUT2D eigenvalue weighted by atomic mass is 35.5. The molecule has 0 saturated heterocycles. The number of rotatable bonds is 9. The molecule has 0 aliphatic carbocycles. The molecule has 1 amide bonds. The lowest BCUT2D eigenvalue weighted by Crippen LogP contribution is -2.38. The fourth-order valence-electron chi connectivity index (χ4n) is 3.67. The zero-order valence-corrected chi connectivity index (χ0v) is 21.5. The Kier molecular flexibility index (Phi) is 9.55. The number of benzodiazepines with no additional fused rings is 1. The number of hydrogen-bond acceptors (Lipinski definition) is 6. The number of amidine groups is 2. The second kappa shape index (κ2) is 12.6. The molecule has 10 heteroatoms. The summed E-state index contributed by atoms with van der Waals surface area (Å²) >= 11 is 6.11. The van der Waals surface area contributed by atoms with Crippen LogP contribution in [-0.4, -0.2) is 55.1 Å². The Bertz CT molecular complexity index is 1150. The Morgan fingerprint density at radius 2 is 2.00 bits per heavy atom. The van der Waals surface area contributed by atoms with Gasteiger partial charge in [-0.3, -0.25) is 25.5 Å². The van der Waals surface area contributed by atoms with E-state index in [1.807, 2.05) is 24.3 Å². The molecule has 0 radical (unpaired) electrons. The van der Waals surface area contributed by atoms with Crippen molar-refractivity contribution in [2.75, 3.05) is 25.1 Å². The summed E-state index contributed by atoms with van der Waals surface area (Å²) in [5.41, 5.74) is 8.33. The number of ether oxygens (including phenoxy) is 1. The Morgan fingerprint density at radius 1 is 1.26 bits per heavy atom. The summed E-state index contributed by atoms with van der Waals surface area (Å²) in [4.78, 5) is 18.9. The molecule has 5 N–H and O–H groups in total. The number of carbonyl (C=O) groups is 1. The topological polar surface area (TPSA) is 128 Å². The number of halogens is 1. The largest absolute Gasteiger partial charge is 0.497 e. The maximum atomic E-state index is 12.4. The lowest BCUT2D eigenvalue weighted by Gasteiger charge is -2.25. The van der Waals surface area contributed by atoms with Gasteiger partial charge in [-0.25, -0.2) is 0 Å². The quantitative estimate of drug-likeness (QED) is 0.173. The molecule has 0 saturated carbocycles. The molecule has 35 heavy (non-hydrogen) atoms. The molecule has 1 heterocycles. The average molecular weight is 513 g/mol. The number of fused-ring (bicyclic) bond motifs is 1. The summed E-state index contributed by atoms with van der Waals surface area (Å²) < 4.78 is 5.44. The van der Waals surface area contributed by atoms with Crippen LogP contribution in [0.25, 0.3) is 0 Å². The zero-order valence-electron chi connectivity index (χ0n) is 19.8. The number of carbonyl (C=O) groups excluding carboxylic acids is 1. The third-order valence-corrected chi connectivity index (χ3v) is 6.68. The van der Waals surface area contributed by atoms with E-state index in [0.29, 0.717) is 43.5 Å². The summed E-state index contributed by atoms with van der Waals surface area (Å²) in [6.07, 6.45) is 2.76. The first kappa shape index (κ1) is 26.5. The number of nitrogens with zero attached hydrogens (tertiary/aromatic N) is 2. The SMILES string of the molecule is COc1ccc2c(c1)C(c1ccc(Cl)cc1)=N[C@@H](P=CC(=O)NCCCCCN)C(=N)N2C(C)=N. The van der Waals surface area contributed by atoms with Crippen molar-refractivity contribution in [3.8, 4) is 5.75 Å². The number of nitrogens with two attached hydrogens (primary N) is 1. The lowest BCUT2D eigenvalue weighted by atomic mass is 9.99. The number of unbranched alkanes of at least 4 members (excludes halogenated alkanes) is 2. The van der Waals surface area contributed by atoms with E-state index in [-0.39, 0.29) is 17.6 Å². The molecule has 8 nitrogen and oxygen atoms in total. The highest BCUT2D eigenvalue weighted by molar-refractivity contribution is 7.43. The minimum Gasteiger partial charge on any atom is -0.497 e. The van der Waals surface area contributed by atoms with Crippen LogP contribution in [0, 0.1) is 10.8 Å². The Hall–Kier alpha value is -3.06. The minimum absolute atomic E-state index is 0.113. The van der Waals surface area contributed by atoms with Crippen molar-refractivity contribution < 1.29 is 9.53 Å². The molecule has 1 aliphatic heterocycles. The van der Waals surface area contributed by atoms with Crippen LogP contribution < -0.4 is 20.7 Å². The number of nitrogens with one attached hydrogen (secondary N) is 3. The normalized spacial score (nSPS) is 15.4. The van der Waals surface area contributed by atoms with E-state index in [4.69, 9.17) is 37.9 Å². The van der Waals surface area contributed by atoms with Crippen molar-refractivity contribution in [1.82, 2.24) is 5.32 Å². The lowest BCUT2D eigenvalue weighted by molar-refractivity contribution is -0.114. The second-order valence-corrected chi connectivity index (χ2v) is 9.45. The summed E-state index contributed by atoms with van der Waals surface area (Å²) in [5, 5.41) is 20.8. The maximum absolute atomic E-state index is 12.4. The predicted octanol–water partition coefficient (Wildman–Crippen LogP) is 4.30. The molecule has 184 valence electrons. The van der Waals surface area contributed by atoms with Crippen molar-refractivity contribution in [3.63, 3.8) is 0 Å². The molecule has 0 fully saturated rings. The molecule has 2 aromatic carbocycles. The molecule has 2 aromatic rings. The van der Waals surface area contributed by atoms with Crippen molar-refractivity contribution >= 4 is 54.6 Å². The minimum atomic E-state index is -0.692. The van der Waals surface area contributed by atoms with Gasteiger partial charge in [0.1, 0.15) is 23.2 Å². The van der Waals surface area contributed by atoms with E-state index in [9.17, 15) is 4.79 Å². The molecule has 0 spiro atoms. The van der Waals surface area contributed by atoms with Crippen LogP contribution in [0.2, 0.25) is 5.02 Å². The van der Waals surface area contributed by atoms with Gasteiger partial charge in [0.25, 0.3) is 0 Å². The van der Waals surface area contributed by atoms with Crippen molar-refractivity contribution in [3.05, 3.63) is 58.6 Å². The monoisotopic (exact) mass is 512 g/mol. The first-order chi connectivity index (χ1) is 16.8. The van der Waals surface area contributed by atoms with Gasteiger partial charge in [0.2, 0.25) is 5.91 Å². The standard InChI is InChI=1S/C25H30ClN6O2P/c1-16(28)32-21-11-10-19(34-2)14-20(21)23(17-6-8-18(26)9-7-17)31-25(24(32)29)35-15-22(33)30-13-5-3-4-12-27/h6-11,14-15,25,28-29H,3-5,12-13,27H2,1-2H3,(H,30,33)/t25-/m0/s1. The van der Waals surface area contributed by atoms with Gasteiger partial charge in [0.15, 0.2) is 0 Å². The van der Waals surface area contributed by atoms with Gasteiger partial charge < -0.3 is 15.8 Å². The van der Waals surface area contributed by atoms with Gasteiger partial charge in [0.05, 0.1) is 18.5 Å². The van der Waals surface area contributed by atoms with Crippen molar-refractivity contribution in [2.45, 2.75) is 32.0 Å². The number of amides is 1. The highest BCUT2D eigenvalue weighted by Crippen LogP contribution is 2.34. The van der Waals surface area contributed by atoms with Crippen LogP contribution in [0.4, 0.5) is 5.69 Å². The van der Waals surface area contributed by atoms with E-state index in [1.165, 1.54) is 5.80 Å². The molecule has 0 aromatic heterocycles. The van der Waals surface area contributed by atoms with Gasteiger partial charge in [-0.15, -0.1) is 0 Å². The Balaban J connectivity index is 2.01. The van der Waals surface area contributed by atoms with Crippen molar-refractivity contribution in [1.29, 1.82) is 10.8 Å². The molecule has 0 bridgehead atoms. The van der Waals surface area contributed by atoms with Crippen LogP contribution >= 0.6 is 19.8 Å². The molecular formula is C25H30ClN6O2P. The Morgan fingerprint density at radius 3 is 2.66 bits per heavy atom. The smallest absolute Gasteiger partial charge is 0.248 e. The summed E-state index contributed by atoms with van der Waals surface area (Å²) in [6, 6.07) is 12.8. The van der Waals surface area contributed by atoms with Crippen LogP contribution in [0.5, 0.6) is 5.75 Å². The maximum Gasteiger partial charge on any atom is 0.248 e. The molecule has 3 rings (SSSR count). The fourth-order valence-corrected chi connectivity index (χ4v) is 4.60. The highest BCUT2D eigenvalue weighted by Gasteiger charge is 2.30. The summed E-state index contributed by atoms with van der Waals surface area (Å²) in [6.45, 7) is 2.85. The third kappa shape index (κ3) is 6.75. The number of benzene rings is 2. The number of aliphatic imine (C=N–C) groups is 1. The predicted molar refractivity (Wildman–Crippen MR) is 146 cm³/mol. The van der Waals surface area contributed by atoms with Crippen LogP contribution in [-0.2, 0) is 4.79 Å². The van der Waals surface area contributed by atoms with Crippen molar-refractivity contribution in [2.24, 2.45) is 10.7 Å². The fraction of sp³-hybridized carbons (Fsp3) is 0.320. The van der Waals surface area contributed by atoms with Gasteiger partial charge in [-0.05, 0) is 56.6 Å². The summed E-state index contributed by atoms with van der Waals surface area (Å²) in [7, 11) is 2.11.